The van der Waals surface area contributed by atoms with Gasteiger partial charge < -0.3 is 9.88 Å². The highest BCUT2D eigenvalue weighted by Crippen LogP contribution is 2.26. The Bertz CT molecular complexity index is 548. The van der Waals surface area contributed by atoms with Crippen molar-refractivity contribution in [3.05, 3.63) is 47.0 Å². The third-order valence-electron chi connectivity index (χ3n) is 3.27. The monoisotopic (exact) mass is 277 g/mol. The van der Waals surface area contributed by atoms with Gasteiger partial charge in [-0.15, -0.1) is 0 Å². The maximum Gasteiger partial charge on any atom is 0.112 e. The summed E-state index contributed by atoms with van der Waals surface area (Å²) in [6.07, 6.45) is 4.69. The van der Waals surface area contributed by atoms with Crippen LogP contribution in [-0.2, 0) is 6.42 Å². The Labute approximate surface area is 119 Å². The van der Waals surface area contributed by atoms with Gasteiger partial charge in [0, 0.05) is 35.6 Å². The summed E-state index contributed by atoms with van der Waals surface area (Å²) < 4.78 is 2.08. The fraction of sp³-hybridized carbons (Fsp3) is 0.400. The highest BCUT2D eigenvalue weighted by atomic mass is 35.5. The van der Waals surface area contributed by atoms with E-state index in [1.54, 1.807) is 0 Å². The molecule has 1 unspecified atom stereocenters. The predicted molar refractivity (Wildman–Crippen MR) is 80.0 cm³/mol. The molecule has 0 radical (unpaired) electrons. The first-order valence-corrected chi connectivity index (χ1v) is 7.10. The molecule has 1 aromatic carbocycles. The minimum absolute atomic E-state index is 0.264. The third kappa shape index (κ3) is 2.99. The number of nitrogens with one attached hydrogen (secondary N) is 1. The molecule has 0 aliphatic rings. The van der Waals surface area contributed by atoms with E-state index < -0.39 is 0 Å². The summed E-state index contributed by atoms with van der Waals surface area (Å²) in [5, 5.41) is 4.17. The Morgan fingerprint density at radius 1 is 1.37 bits per heavy atom. The number of rotatable bonds is 5. The topological polar surface area (TPSA) is 29.9 Å². The summed E-state index contributed by atoms with van der Waals surface area (Å²) in [5.41, 5.74) is 2.19. The fourth-order valence-electron chi connectivity index (χ4n) is 2.26. The van der Waals surface area contributed by atoms with Crippen LogP contribution in [0.4, 0.5) is 0 Å². The number of imidazole rings is 1. The van der Waals surface area contributed by atoms with E-state index in [-0.39, 0.29) is 6.04 Å². The van der Waals surface area contributed by atoms with Crippen molar-refractivity contribution in [3.63, 3.8) is 0 Å². The molecule has 1 N–H and O–H groups in total. The van der Waals surface area contributed by atoms with Crippen LogP contribution >= 0.6 is 11.6 Å². The standard InChI is InChI=1S/C15H20ClN3/c1-4-15-18-8-9-19(15)12-6-7-13(14(16)10-12)11(3)17-5-2/h6-11,17H,4-5H2,1-3H3. The van der Waals surface area contributed by atoms with Crippen LogP contribution in [0.5, 0.6) is 0 Å². The summed E-state index contributed by atoms with van der Waals surface area (Å²) in [7, 11) is 0. The van der Waals surface area contributed by atoms with Gasteiger partial charge in [-0.3, -0.25) is 0 Å². The van der Waals surface area contributed by atoms with Crippen LogP contribution in [-0.4, -0.2) is 16.1 Å². The van der Waals surface area contributed by atoms with E-state index in [1.165, 1.54) is 0 Å². The normalized spacial score (nSPS) is 12.6. The lowest BCUT2D eigenvalue weighted by atomic mass is 10.1. The van der Waals surface area contributed by atoms with Crippen LogP contribution in [0, 0.1) is 0 Å². The first-order chi connectivity index (χ1) is 9.17. The zero-order chi connectivity index (χ0) is 13.8. The zero-order valence-corrected chi connectivity index (χ0v) is 12.4. The molecule has 0 spiro atoms. The minimum atomic E-state index is 0.264. The van der Waals surface area contributed by atoms with Crippen LogP contribution in [0.15, 0.2) is 30.6 Å². The molecule has 0 saturated heterocycles. The molecule has 2 rings (SSSR count). The lowest BCUT2D eigenvalue weighted by molar-refractivity contribution is 0.598. The first kappa shape index (κ1) is 14.1. The molecule has 0 bridgehead atoms. The minimum Gasteiger partial charge on any atom is -0.310 e. The first-order valence-electron chi connectivity index (χ1n) is 6.72. The van der Waals surface area contributed by atoms with Gasteiger partial charge in [0.05, 0.1) is 0 Å². The summed E-state index contributed by atoms with van der Waals surface area (Å²) >= 11 is 6.40. The molecule has 1 atom stereocenters. The van der Waals surface area contributed by atoms with Crippen LogP contribution in [0.25, 0.3) is 5.69 Å². The second-order valence-corrected chi connectivity index (χ2v) is 4.96. The Balaban J connectivity index is 2.33. The maximum absolute atomic E-state index is 6.40. The average molecular weight is 278 g/mol. The summed E-state index contributed by atoms with van der Waals surface area (Å²) in [4.78, 5) is 4.34. The number of hydrogen-bond acceptors (Lipinski definition) is 2. The van der Waals surface area contributed by atoms with Gasteiger partial charge in [0.15, 0.2) is 0 Å². The fourth-order valence-corrected chi connectivity index (χ4v) is 2.60. The van der Waals surface area contributed by atoms with Crippen LogP contribution in [0.2, 0.25) is 5.02 Å². The van der Waals surface area contributed by atoms with E-state index in [0.29, 0.717) is 0 Å². The van der Waals surface area contributed by atoms with Crippen molar-refractivity contribution in [2.45, 2.75) is 33.2 Å². The van der Waals surface area contributed by atoms with Crippen molar-refractivity contribution in [2.24, 2.45) is 0 Å². The molecule has 19 heavy (non-hydrogen) atoms. The SMILES string of the molecule is CCNC(C)c1ccc(-n2ccnc2CC)cc1Cl. The van der Waals surface area contributed by atoms with E-state index in [1.807, 2.05) is 18.5 Å². The van der Waals surface area contributed by atoms with Gasteiger partial charge in [-0.2, -0.15) is 0 Å². The van der Waals surface area contributed by atoms with E-state index >= 15 is 0 Å². The summed E-state index contributed by atoms with van der Waals surface area (Å²) in [6.45, 7) is 7.25. The Hall–Kier alpha value is -1.32. The summed E-state index contributed by atoms with van der Waals surface area (Å²) in [6, 6.07) is 6.45. The quantitative estimate of drug-likeness (QED) is 0.902. The number of aryl methyl sites for hydroxylation is 1. The molecule has 102 valence electrons. The molecule has 1 heterocycles. The van der Waals surface area contributed by atoms with E-state index in [9.17, 15) is 0 Å². The molecule has 0 amide bonds. The molecular formula is C15H20ClN3. The highest BCUT2D eigenvalue weighted by Gasteiger charge is 2.10. The second-order valence-electron chi connectivity index (χ2n) is 4.55. The lowest BCUT2D eigenvalue weighted by Gasteiger charge is -2.16. The molecule has 1 aromatic heterocycles. The van der Waals surface area contributed by atoms with Crippen LogP contribution in [0.1, 0.15) is 38.2 Å². The van der Waals surface area contributed by atoms with Gasteiger partial charge in [-0.05, 0) is 31.2 Å². The molecule has 2 aromatic rings. The third-order valence-corrected chi connectivity index (χ3v) is 3.60. The molecule has 0 aliphatic heterocycles. The molecule has 0 fully saturated rings. The smallest absolute Gasteiger partial charge is 0.112 e. The average Bonchev–Trinajstić information content (AvgIpc) is 2.87. The largest absolute Gasteiger partial charge is 0.310 e. The molecule has 0 saturated carbocycles. The molecule has 0 aliphatic carbocycles. The van der Waals surface area contributed by atoms with Crippen molar-refractivity contribution in [3.8, 4) is 5.69 Å². The number of hydrogen-bond donors (Lipinski definition) is 1. The van der Waals surface area contributed by atoms with E-state index in [0.717, 1.165) is 35.1 Å². The van der Waals surface area contributed by atoms with Gasteiger partial charge in [-0.25, -0.2) is 4.98 Å². The van der Waals surface area contributed by atoms with Crippen molar-refractivity contribution in [1.29, 1.82) is 0 Å². The number of benzene rings is 1. The van der Waals surface area contributed by atoms with Crippen molar-refractivity contribution in [1.82, 2.24) is 14.9 Å². The molecular weight excluding hydrogens is 258 g/mol. The van der Waals surface area contributed by atoms with Crippen molar-refractivity contribution in [2.75, 3.05) is 6.54 Å². The lowest BCUT2D eigenvalue weighted by Crippen LogP contribution is -2.18. The Morgan fingerprint density at radius 3 is 2.79 bits per heavy atom. The van der Waals surface area contributed by atoms with Gasteiger partial charge in [0.25, 0.3) is 0 Å². The molecule has 4 heteroatoms. The maximum atomic E-state index is 6.40. The molecule has 3 nitrogen and oxygen atoms in total. The highest BCUT2D eigenvalue weighted by molar-refractivity contribution is 6.31. The van der Waals surface area contributed by atoms with Gasteiger partial charge in [-0.1, -0.05) is 31.5 Å². The van der Waals surface area contributed by atoms with Gasteiger partial charge in [0.1, 0.15) is 5.82 Å². The summed E-state index contributed by atoms with van der Waals surface area (Å²) in [5.74, 6) is 1.04. The zero-order valence-electron chi connectivity index (χ0n) is 11.7. The second kappa shape index (κ2) is 6.22. The van der Waals surface area contributed by atoms with Crippen LogP contribution < -0.4 is 5.32 Å². The van der Waals surface area contributed by atoms with Gasteiger partial charge in [0.2, 0.25) is 0 Å². The van der Waals surface area contributed by atoms with Crippen molar-refractivity contribution >= 4 is 11.6 Å². The number of aromatic nitrogens is 2. The van der Waals surface area contributed by atoms with Crippen molar-refractivity contribution < 1.29 is 0 Å². The van der Waals surface area contributed by atoms with E-state index in [4.69, 9.17) is 11.6 Å². The van der Waals surface area contributed by atoms with Gasteiger partial charge >= 0.3 is 0 Å². The number of halogens is 1. The van der Waals surface area contributed by atoms with E-state index in [2.05, 4.69) is 47.8 Å². The Morgan fingerprint density at radius 2 is 2.16 bits per heavy atom. The Kier molecular flexibility index (Phi) is 4.61. The van der Waals surface area contributed by atoms with Crippen LogP contribution in [0.3, 0.4) is 0 Å². The predicted octanol–water partition coefficient (Wildman–Crippen LogP) is 3.76. The number of nitrogens with zero attached hydrogens (tertiary/aromatic N) is 2.